The lowest BCUT2D eigenvalue weighted by Crippen LogP contribution is -2.38. The molecular formula is C16H16Cl2N4O2. The molecular weight excluding hydrogens is 351 g/mol. The number of nitrogens with one attached hydrogen (secondary N) is 1. The minimum atomic E-state index is 0.141. The molecule has 1 aliphatic rings. The van der Waals surface area contributed by atoms with Crippen LogP contribution in [0.25, 0.3) is 0 Å². The van der Waals surface area contributed by atoms with Gasteiger partial charge in [-0.05, 0) is 18.2 Å². The van der Waals surface area contributed by atoms with Crippen LogP contribution in [-0.2, 0) is 11.4 Å². The summed E-state index contributed by atoms with van der Waals surface area (Å²) >= 11 is 12.3. The Morgan fingerprint density at radius 3 is 2.71 bits per heavy atom. The molecule has 0 spiro atoms. The van der Waals surface area contributed by atoms with E-state index in [1.807, 2.05) is 6.07 Å². The maximum Gasteiger partial charge on any atom is 0.223 e. The van der Waals surface area contributed by atoms with Gasteiger partial charge in [-0.25, -0.2) is 10.1 Å². The highest BCUT2D eigenvalue weighted by Crippen LogP contribution is 2.30. The zero-order valence-corrected chi connectivity index (χ0v) is 14.5. The Morgan fingerprint density at radius 1 is 1.25 bits per heavy atom. The Morgan fingerprint density at radius 2 is 1.96 bits per heavy atom. The van der Waals surface area contributed by atoms with E-state index < -0.39 is 0 Å². The lowest BCUT2D eigenvalue weighted by Gasteiger charge is -2.21. The van der Waals surface area contributed by atoms with Crippen LogP contribution >= 0.6 is 23.2 Å². The molecule has 0 bridgehead atoms. The molecule has 8 heteroatoms. The molecule has 1 aliphatic heterocycles. The van der Waals surface area contributed by atoms with Gasteiger partial charge in [-0.15, -0.1) is 0 Å². The lowest BCUT2D eigenvalue weighted by atomic mass is 10.3. The highest BCUT2D eigenvalue weighted by molar-refractivity contribution is 6.39. The number of halogens is 2. The highest BCUT2D eigenvalue weighted by Gasteiger charge is 2.21. The van der Waals surface area contributed by atoms with Crippen LogP contribution in [0.4, 0.5) is 5.69 Å². The first kappa shape index (κ1) is 16.8. The van der Waals surface area contributed by atoms with Crippen molar-refractivity contribution in [2.24, 2.45) is 4.99 Å². The van der Waals surface area contributed by atoms with Crippen LogP contribution in [0.3, 0.4) is 0 Å². The zero-order valence-electron chi connectivity index (χ0n) is 13.0. The van der Waals surface area contributed by atoms with Gasteiger partial charge in [0.05, 0.1) is 28.8 Å². The van der Waals surface area contributed by atoms with Gasteiger partial charge < -0.3 is 10.5 Å². The van der Waals surface area contributed by atoms with Gasteiger partial charge in [-0.3, -0.25) is 4.84 Å². The Hall–Kier alpha value is -2.02. The van der Waals surface area contributed by atoms with Gasteiger partial charge in [0.1, 0.15) is 0 Å². The van der Waals surface area contributed by atoms with Crippen LogP contribution in [-0.4, -0.2) is 24.1 Å². The quantitative estimate of drug-likeness (QED) is 0.666. The molecule has 0 atom stereocenters. The van der Waals surface area contributed by atoms with Gasteiger partial charge in [-0.2, -0.15) is 4.73 Å². The Kier molecular flexibility index (Phi) is 5.08. The first-order valence-electron chi connectivity index (χ1n) is 7.40. The largest absolute Gasteiger partial charge is 0.618 e. The average molecular weight is 367 g/mol. The van der Waals surface area contributed by atoms with Gasteiger partial charge in [0, 0.05) is 19.1 Å². The van der Waals surface area contributed by atoms with Crippen molar-refractivity contribution in [3.8, 4) is 0 Å². The van der Waals surface area contributed by atoms with Crippen molar-refractivity contribution in [2.75, 3.05) is 18.4 Å². The fraction of sp³-hybridized carbons (Fsp3) is 0.250. The van der Waals surface area contributed by atoms with Crippen LogP contribution in [0.2, 0.25) is 10.0 Å². The summed E-state index contributed by atoms with van der Waals surface area (Å²) in [6.45, 7) is 3.05. The summed E-state index contributed by atoms with van der Waals surface area (Å²) < 4.78 is 0.852. The van der Waals surface area contributed by atoms with E-state index in [1.54, 1.807) is 42.3 Å². The van der Waals surface area contributed by atoms with Crippen LogP contribution in [0.15, 0.2) is 41.4 Å². The maximum absolute atomic E-state index is 12.0. The standard InChI is InChI=1S/C16H16Cl2N4O2/c1-11-4-2-5-12(22(11)23)10-24-21-9-8-19-16(21)20-15-13(17)6-3-7-14(15)18/h2-7H,8-10H2,1H3,(H,19,20). The number of guanidine groups is 1. The van der Waals surface area contributed by atoms with E-state index in [0.717, 1.165) is 4.73 Å². The monoisotopic (exact) mass is 366 g/mol. The zero-order chi connectivity index (χ0) is 17.1. The average Bonchev–Trinajstić information content (AvgIpc) is 3.00. The summed E-state index contributed by atoms with van der Waals surface area (Å²) in [5, 5.41) is 17.7. The van der Waals surface area contributed by atoms with Crippen molar-refractivity contribution in [3.63, 3.8) is 0 Å². The van der Waals surface area contributed by atoms with Crippen molar-refractivity contribution >= 4 is 34.8 Å². The number of benzene rings is 1. The highest BCUT2D eigenvalue weighted by atomic mass is 35.5. The molecule has 0 unspecified atom stereocenters. The predicted molar refractivity (Wildman–Crippen MR) is 94.0 cm³/mol. The molecule has 24 heavy (non-hydrogen) atoms. The molecule has 1 aromatic heterocycles. The fourth-order valence-corrected chi connectivity index (χ4v) is 2.79. The summed E-state index contributed by atoms with van der Waals surface area (Å²) in [6, 6.07) is 10.5. The van der Waals surface area contributed by atoms with Crippen molar-refractivity contribution in [3.05, 3.63) is 63.0 Å². The Bertz CT molecular complexity index is 762. The lowest BCUT2D eigenvalue weighted by molar-refractivity contribution is -0.624. The number of aromatic nitrogens is 1. The number of nitrogens with zero attached hydrogens (tertiary/aromatic N) is 3. The van der Waals surface area contributed by atoms with Crippen molar-refractivity contribution in [2.45, 2.75) is 13.5 Å². The van der Waals surface area contributed by atoms with Gasteiger partial charge >= 0.3 is 0 Å². The molecule has 2 heterocycles. The van der Waals surface area contributed by atoms with Crippen LogP contribution in [0.5, 0.6) is 0 Å². The predicted octanol–water partition coefficient (Wildman–Crippen LogP) is 3.15. The van der Waals surface area contributed by atoms with Crippen LogP contribution in [0.1, 0.15) is 11.4 Å². The molecule has 2 aromatic rings. The number of hydrogen-bond acceptors (Lipinski definition) is 5. The van der Waals surface area contributed by atoms with E-state index in [2.05, 4.69) is 10.3 Å². The molecule has 126 valence electrons. The molecule has 6 nitrogen and oxygen atoms in total. The number of para-hydroxylation sites is 1. The van der Waals surface area contributed by atoms with Crippen molar-refractivity contribution in [1.82, 2.24) is 5.06 Å². The van der Waals surface area contributed by atoms with Gasteiger partial charge in [0.25, 0.3) is 0 Å². The summed E-state index contributed by atoms with van der Waals surface area (Å²) in [4.78, 5) is 10.1. The first-order valence-corrected chi connectivity index (χ1v) is 8.16. The van der Waals surface area contributed by atoms with Crippen molar-refractivity contribution in [1.29, 1.82) is 0 Å². The number of rotatable bonds is 4. The third-order valence-corrected chi connectivity index (χ3v) is 4.21. The summed E-state index contributed by atoms with van der Waals surface area (Å²) in [7, 11) is 0. The fourth-order valence-electron chi connectivity index (χ4n) is 2.30. The minimum absolute atomic E-state index is 0.141. The van der Waals surface area contributed by atoms with Gasteiger partial charge in [0.2, 0.25) is 11.7 Å². The summed E-state index contributed by atoms with van der Waals surface area (Å²) in [5.41, 5.74) is 1.72. The number of aryl methyl sites for hydroxylation is 1. The molecule has 0 saturated carbocycles. The summed E-state index contributed by atoms with van der Waals surface area (Å²) in [6.07, 6.45) is 0. The number of pyridine rings is 1. The van der Waals surface area contributed by atoms with Crippen LogP contribution < -0.4 is 10.0 Å². The van der Waals surface area contributed by atoms with Gasteiger partial charge in [-0.1, -0.05) is 29.3 Å². The number of hydrogen-bond donors (Lipinski definition) is 1. The molecule has 3 rings (SSSR count). The van der Waals surface area contributed by atoms with Crippen molar-refractivity contribution < 1.29 is 9.57 Å². The topological polar surface area (TPSA) is 63.8 Å². The SMILES string of the molecule is Cc1cccc(CON2CCN=C2Nc2c(Cl)cccc2Cl)[n+]1[O-]. The third kappa shape index (κ3) is 3.56. The van der Waals surface area contributed by atoms with E-state index in [0.29, 0.717) is 46.2 Å². The molecule has 0 aliphatic carbocycles. The Labute approximate surface area is 149 Å². The Balaban J connectivity index is 1.69. The third-order valence-electron chi connectivity index (χ3n) is 3.58. The molecule has 0 amide bonds. The van der Waals surface area contributed by atoms with E-state index >= 15 is 0 Å². The second-order valence-corrected chi connectivity index (χ2v) is 6.07. The number of hydroxylamine groups is 2. The smallest absolute Gasteiger partial charge is 0.223 e. The normalized spacial score (nSPS) is 14.0. The number of aliphatic imine (C=N–C) groups is 1. The first-order chi connectivity index (χ1) is 11.6. The van der Waals surface area contributed by atoms with E-state index in [-0.39, 0.29) is 6.61 Å². The molecule has 0 radical (unpaired) electrons. The van der Waals surface area contributed by atoms with E-state index in [9.17, 15) is 5.21 Å². The number of anilines is 1. The molecule has 1 N–H and O–H groups in total. The van der Waals surface area contributed by atoms with E-state index in [4.69, 9.17) is 28.0 Å². The van der Waals surface area contributed by atoms with Crippen LogP contribution in [0, 0.1) is 12.1 Å². The minimum Gasteiger partial charge on any atom is -0.618 e. The van der Waals surface area contributed by atoms with E-state index in [1.165, 1.54) is 0 Å². The summed E-state index contributed by atoms with van der Waals surface area (Å²) in [5.74, 6) is 0.509. The molecule has 1 aromatic carbocycles. The molecule has 0 saturated heterocycles. The van der Waals surface area contributed by atoms with Gasteiger partial charge in [0.15, 0.2) is 12.3 Å². The second-order valence-electron chi connectivity index (χ2n) is 5.26. The second kappa shape index (κ2) is 7.25. The maximum atomic E-state index is 12.0. The molecule has 0 fully saturated rings.